The van der Waals surface area contributed by atoms with E-state index >= 15 is 0 Å². The van der Waals surface area contributed by atoms with Gasteiger partial charge in [0.15, 0.2) is 5.82 Å². The largest absolute Gasteiger partial charge is 0.493 e. The summed E-state index contributed by atoms with van der Waals surface area (Å²) in [5, 5.41) is 16.5. The van der Waals surface area contributed by atoms with E-state index < -0.39 is 0 Å². The Labute approximate surface area is 178 Å². The molecule has 0 unspecified atom stereocenters. The summed E-state index contributed by atoms with van der Waals surface area (Å²) in [6, 6.07) is 13.1. The number of hydrogen-bond donors (Lipinski definition) is 1. The van der Waals surface area contributed by atoms with Crippen molar-refractivity contribution in [1.29, 1.82) is 0 Å². The highest BCUT2D eigenvalue weighted by atomic mass is 32.1. The number of fused-ring (bicyclic) bond motifs is 1. The Bertz CT molecular complexity index is 1190. The van der Waals surface area contributed by atoms with Gasteiger partial charge in [-0.05, 0) is 55.7 Å². The van der Waals surface area contributed by atoms with Gasteiger partial charge in [-0.2, -0.15) is 9.61 Å². The number of carbonyl (C=O) groups excluding carboxylic acids is 1. The van der Waals surface area contributed by atoms with Crippen molar-refractivity contribution in [2.24, 2.45) is 5.92 Å². The van der Waals surface area contributed by atoms with Crippen molar-refractivity contribution < 1.29 is 9.53 Å². The molecule has 4 rings (SSSR count). The van der Waals surface area contributed by atoms with Crippen molar-refractivity contribution in [3.05, 3.63) is 59.4 Å². The van der Waals surface area contributed by atoms with Gasteiger partial charge in [-0.25, -0.2) is 0 Å². The first-order valence-electron chi connectivity index (χ1n) is 9.75. The van der Waals surface area contributed by atoms with Crippen molar-refractivity contribution in [2.45, 2.75) is 27.7 Å². The van der Waals surface area contributed by atoms with E-state index in [1.165, 1.54) is 11.3 Å². The van der Waals surface area contributed by atoms with Gasteiger partial charge in [0.1, 0.15) is 10.8 Å². The van der Waals surface area contributed by atoms with E-state index in [4.69, 9.17) is 4.74 Å². The van der Waals surface area contributed by atoms with Crippen molar-refractivity contribution in [2.75, 3.05) is 11.9 Å². The number of nitrogens with one attached hydrogen (secondary N) is 1. The first kappa shape index (κ1) is 20.0. The van der Waals surface area contributed by atoms with E-state index in [2.05, 4.69) is 34.5 Å². The maximum Gasteiger partial charge on any atom is 0.255 e. The molecule has 1 amide bonds. The Kier molecular flexibility index (Phi) is 5.50. The molecule has 0 atom stereocenters. The molecule has 0 aliphatic rings. The lowest BCUT2D eigenvalue weighted by molar-refractivity contribution is 0.102. The van der Waals surface area contributed by atoms with Crippen LogP contribution in [-0.2, 0) is 0 Å². The van der Waals surface area contributed by atoms with Gasteiger partial charge in [0, 0.05) is 16.8 Å². The number of nitrogens with zero attached hydrogens (tertiary/aromatic N) is 4. The highest BCUT2D eigenvalue weighted by Crippen LogP contribution is 2.29. The lowest BCUT2D eigenvalue weighted by Crippen LogP contribution is -2.13. The number of ether oxygens (including phenoxy) is 1. The third kappa shape index (κ3) is 4.18. The first-order chi connectivity index (χ1) is 14.4. The van der Waals surface area contributed by atoms with Gasteiger partial charge in [-0.3, -0.25) is 4.79 Å². The van der Waals surface area contributed by atoms with E-state index in [1.807, 2.05) is 44.2 Å². The number of amides is 1. The second kappa shape index (κ2) is 8.23. The number of aryl methyl sites for hydroxylation is 2. The third-order valence-corrected chi connectivity index (χ3v) is 5.53. The van der Waals surface area contributed by atoms with Crippen LogP contribution in [0.5, 0.6) is 5.75 Å². The minimum Gasteiger partial charge on any atom is -0.493 e. The van der Waals surface area contributed by atoms with E-state index in [0.717, 1.165) is 38.4 Å². The Morgan fingerprint density at radius 2 is 1.90 bits per heavy atom. The molecule has 1 N–H and O–H groups in total. The van der Waals surface area contributed by atoms with Gasteiger partial charge in [-0.15, -0.1) is 10.2 Å². The highest BCUT2D eigenvalue weighted by molar-refractivity contribution is 7.19. The summed E-state index contributed by atoms with van der Waals surface area (Å²) >= 11 is 1.46. The molecular formula is C22H23N5O2S. The molecule has 0 radical (unpaired) electrons. The van der Waals surface area contributed by atoms with E-state index in [-0.39, 0.29) is 5.91 Å². The molecule has 8 heteroatoms. The van der Waals surface area contributed by atoms with Gasteiger partial charge in [-0.1, -0.05) is 37.3 Å². The average Bonchev–Trinajstić information content (AvgIpc) is 3.30. The molecular weight excluding hydrogens is 398 g/mol. The van der Waals surface area contributed by atoms with E-state index in [0.29, 0.717) is 18.1 Å². The van der Waals surface area contributed by atoms with Crippen molar-refractivity contribution >= 4 is 27.9 Å². The number of benzene rings is 2. The number of hydrogen-bond acceptors (Lipinski definition) is 6. The zero-order valence-corrected chi connectivity index (χ0v) is 18.2. The van der Waals surface area contributed by atoms with Crippen molar-refractivity contribution in [1.82, 2.24) is 19.8 Å². The lowest BCUT2D eigenvalue weighted by Gasteiger charge is -2.11. The molecule has 0 aliphatic heterocycles. The Hall–Kier alpha value is -3.26. The quantitative estimate of drug-likeness (QED) is 0.486. The molecule has 30 heavy (non-hydrogen) atoms. The normalized spacial score (nSPS) is 11.2. The monoisotopic (exact) mass is 421 g/mol. The zero-order valence-electron chi connectivity index (χ0n) is 17.3. The Morgan fingerprint density at radius 1 is 1.13 bits per heavy atom. The van der Waals surface area contributed by atoms with Gasteiger partial charge in [0.2, 0.25) is 4.96 Å². The Balaban J connectivity index is 1.52. The average molecular weight is 422 g/mol. The van der Waals surface area contributed by atoms with Gasteiger partial charge in [0.25, 0.3) is 5.91 Å². The second-order valence-electron chi connectivity index (χ2n) is 7.56. The minimum atomic E-state index is -0.167. The summed E-state index contributed by atoms with van der Waals surface area (Å²) < 4.78 is 7.41. The van der Waals surface area contributed by atoms with Crippen LogP contribution in [0.4, 0.5) is 5.69 Å². The summed E-state index contributed by atoms with van der Waals surface area (Å²) in [6.07, 6.45) is 0. The number of anilines is 1. The minimum absolute atomic E-state index is 0.167. The predicted octanol–water partition coefficient (Wildman–Crippen LogP) is 4.76. The van der Waals surface area contributed by atoms with Gasteiger partial charge < -0.3 is 10.1 Å². The molecule has 2 aromatic heterocycles. The second-order valence-corrected chi connectivity index (χ2v) is 8.52. The fourth-order valence-electron chi connectivity index (χ4n) is 2.88. The van der Waals surface area contributed by atoms with Crippen molar-refractivity contribution in [3.8, 4) is 16.3 Å². The molecule has 0 saturated carbocycles. The maximum atomic E-state index is 12.7. The summed E-state index contributed by atoms with van der Waals surface area (Å²) in [6.45, 7) is 8.67. The number of carbonyl (C=O) groups is 1. The van der Waals surface area contributed by atoms with Crippen LogP contribution in [0.25, 0.3) is 15.5 Å². The van der Waals surface area contributed by atoms with Gasteiger partial charge in [0.05, 0.1) is 6.61 Å². The highest BCUT2D eigenvalue weighted by Gasteiger charge is 2.13. The first-order valence-corrected chi connectivity index (χ1v) is 10.6. The molecule has 0 bridgehead atoms. The molecule has 2 heterocycles. The predicted molar refractivity (Wildman–Crippen MR) is 118 cm³/mol. The summed E-state index contributed by atoms with van der Waals surface area (Å²) in [5.74, 6) is 1.79. The Morgan fingerprint density at radius 3 is 2.60 bits per heavy atom. The van der Waals surface area contributed by atoms with Crippen LogP contribution in [0.1, 0.15) is 35.6 Å². The van der Waals surface area contributed by atoms with Crippen LogP contribution in [0.3, 0.4) is 0 Å². The molecule has 7 nitrogen and oxygen atoms in total. The summed E-state index contributed by atoms with van der Waals surface area (Å²) in [5.41, 5.74) is 3.22. The molecule has 154 valence electrons. The van der Waals surface area contributed by atoms with Crippen LogP contribution < -0.4 is 10.1 Å². The fourth-order valence-corrected chi connectivity index (χ4v) is 3.76. The summed E-state index contributed by atoms with van der Waals surface area (Å²) in [4.78, 5) is 13.5. The van der Waals surface area contributed by atoms with Crippen molar-refractivity contribution in [3.63, 3.8) is 0 Å². The zero-order chi connectivity index (χ0) is 21.3. The van der Waals surface area contributed by atoms with E-state index in [1.54, 1.807) is 16.6 Å². The summed E-state index contributed by atoms with van der Waals surface area (Å²) in [7, 11) is 0. The molecule has 0 saturated heterocycles. The van der Waals surface area contributed by atoms with Crippen LogP contribution in [-0.4, -0.2) is 32.3 Å². The lowest BCUT2D eigenvalue weighted by atomic mass is 10.1. The molecule has 0 fully saturated rings. The van der Waals surface area contributed by atoms with Crippen LogP contribution in [0, 0.1) is 19.8 Å². The molecule has 0 spiro atoms. The third-order valence-electron chi connectivity index (χ3n) is 4.58. The smallest absolute Gasteiger partial charge is 0.255 e. The molecule has 0 aliphatic carbocycles. The van der Waals surface area contributed by atoms with Crippen LogP contribution >= 0.6 is 11.3 Å². The molecule has 2 aromatic carbocycles. The number of aromatic nitrogens is 4. The maximum absolute atomic E-state index is 12.7. The fraction of sp³-hybridized carbons (Fsp3) is 0.273. The molecule has 4 aromatic rings. The SMILES string of the molecule is Cc1ccc(-c2nn3c(C)nnc3s2)cc1NC(=O)c1ccc(OCC(C)C)cc1. The van der Waals surface area contributed by atoms with Gasteiger partial charge >= 0.3 is 0 Å². The van der Waals surface area contributed by atoms with E-state index in [9.17, 15) is 4.79 Å². The topological polar surface area (TPSA) is 81.4 Å². The number of rotatable bonds is 6. The van der Waals surface area contributed by atoms with Crippen LogP contribution in [0.2, 0.25) is 0 Å². The van der Waals surface area contributed by atoms with Crippen LogP contribution in [0.15, 0.2) is 42.5 Å². The standard InChI is InChI=1S/C22H23N5O2S/c1-13(2)12-29-18-9-7-16(8-10-18)20(28)23-19-11-17(6-5-14(19)3)21-26-27-15(4)24-25-22(27)30-21/h5-11,13H,12H2,1-4H3,(H,23,28).